The first kappa shape index (κ1) is 12.6. The number of para-hydroxylation sites is 1. The standard InChI is InChI=1S/C14H11N3O2S/c18-14(19)10-7-12(16-8-13-15-5-6-20-13)17-11-4-2-1-3-9(10)11/h1-7H,8H2,(H,16,17)(H,18,19). The van der Waals surface area contributed by atoms with E-state index in [1.165, 1.54) is 11.3 Å². The van der Waals surface area contributed by atoms with E-state index in [1.54, 1.807) is 30.5 Å². The molecule has 0 aliphatic rings. The molecule has 3 aromatic rings. The summed E-state index contributed by atoms with van der Waals surface area (Å²) >= 11 is 1.54. The molecule has 6 heteroatoms. The largest absolute Gasteiger partial charge is 0.478 e. The molecule has 0 aliphatic heterocycles. The highest BCUT2D eigenvalue weighted by atomic mass is 32.1. The highest BCUT2D eigenvalue weighted by Gasteiger charge is 2.11. The molecule has 100 valence electrons. The monoisotopic (exact) mass is 285 g/mol. The van der Waals surface area contributed by atoms with Crippen molar-refractivity contribution in [3.05, 3.63) is 52.5 Å². The topological polar surface area (TPSA) is 75.1 Å². The van der Waals surface area contributed by atoms with E-state index in [2.05, 4.69) is 15.3 Å². The van der Waals surface area contributed by atoms with Crippen LogP contribution >= 0.6 is 11.3 Å². The molecule has 5 nitrogen and oxygen atoms in total. The molecule has 1 aromatic carbocycles. The number of rotatable bonds is 4. The van der Waals surface area contributed by atoms with Gasteiger partial charge < -0.3 is 10.4 Å². The van der Waals surface area contributed by atoms with E-state index >= 15 is 0 Å². The Morgan fingerprint density at radius 2 is 2.20 bits per heavy atom. The number of nitrogens with zero attached hydrogens (tertiary/aromatic N) is 2. The van der Waals surface area contributed by atoms with E-state index < -0.39 is 5.97 Å². The van der Waals surface area contributed by atoms with Crippen molar-refractivity contribution < 1.29 is 9.90 Å². The van der Waals surface area contributed by atoms with E-state index in [0.717, 1.165) is 5.01 Å². The van der Waals surface area contributed by atoms with Crippen molar-refractivity contribution >= 4 is 34.0 Å². The molecule has 0 aliphatic carbocycles. The van der Waals surface area contributed by atoms with Crippen LogP contribution in [0.15, 0.2) is 41.9 Å². The number of hydrogen-bond donors (Lipinski definition) is 2. The quantitative estimate of drug-likeness (QED) is 0.770. The lowest BCUT2D eigenvalue weighted by Crippen LogP contribution is -2.05. The molecule has 0 atom stereocenters. The zero-order chi connectivity index (χ0) is 13.9. The summed E-state index contributed by atoms with van der Waals surface area (Å²) in [5.74, 6) is -0.419. The normalized spacial score (nSPS) is 10.6. The smallest absolute Gasteiger partial charge is 0.336 e. The second-order valence-corrected chi connectivity index (χ2v) is 5.14. The fourth-order valence-corrected chi connectivity index (χ4v) is 2.51. The molecular weight excluding hydrogens is 274 g/mol. The molecule has 2 N–H and O–H groups in total. The summed E-state index contributed by atoms with van der Waals surface area (Å²) in [6.45, 7) is 0.530. The molecule has 0 fully saturated rings. The van der Waals surface area contributed by atoms with Crippen molar-refractivity contribution in [1.82, 2.24) is 9.97 Å². The highest BCUT2D eigenvalue weighted by Crippen LogP contribution is 2.21. The first-order valence-corrected chi connectivity index (χ1v) is 6.87. The van der Waals surface area contributed by atoms with Crippen LogP contribution in [0, 0.1) is 0 Å². The molecule has 2 heterocycles. The average Bonchev–Trinajstić information content (AvgIpc) is 2.97. The number of benzene rings is 1. The van der Waals surface area contributed by atoms with Crippen LogP contribution in [0.5, 0.6) is 0 Å². The molecule has 0 spiro atoms. The molecule has 2 aromatic heterocycles. The summed E-state index contributed by atoms with van der Waals surface area (Å²) in [5, 5.41) is 15.9. The van der Waals surface area contributed by atoms with Crippen molar-refractivity contribution in [2.24, 2.45) is 0 Å². The summed E-state index contributed by atoms with van der Waals surface area (Å²) < 4.78 is 0. The number of nitrogens with one attached hydrogen (secondary N) is 1. The molecule has 0 saturated heterocycles. The van der Waals surface area contributed by atoms with Gasteiger partial charge in [-0.25, -0.2) is 14.8 Å². The van der Waals surface area contributed by atoms with E-state index in [-0.39, 0.29) is 5.56 Å². The Bertz CT molecular complexity index is 756. The number of thiazole rings is 1. The minimum atomic E-state index is -0.958. The number of carboxylic acids is 1. The van der Waals surface area contributed by atoms with Crippen LogP contribution in [0.2, 0.25) is 0 Å². The number of aromatic nitrogens is 2. The van der Waals surface area contributed by atoms with Crippen LogP contribution in [0.25, 0.3) is 10.9 Å². The lowest BCUT2D eigenvalue weighted by atomic mass is 10.1. The lowest BCUT2D eigenvalue weighted by Gasteiger charge is -2.08. The Balaban J connectivity index is 1.97. The van der Waals surface area contributed by atoms with Crippen LogP contribution in [-0.4, -0.2) is 21.0 Å². The van der Waals surface area contributed by atoms with Crippen molar-refractivity contribution in [1.29, 1.82) is 0 Å². The van der Waals surface area contributed by atoms with Gasteiger partial charge in [0.15, 0.2) is 0 Å². The third-order valence-corrected chi connectivity index (χ3v) is 3.63. The van der Waals surface area contributed by atoms with Gasteiger partial charge in [0.1, 0.15) is 10.8 Å². The van der Waals surface area contributed by atoms with Gasteiger partial charge in [-0.1, -0.05) is 18.2 Å². The van der Waals surface area contributed by atoms with Crippen molar-refractivity contribution in [2.45, 2.75) is 6.54 Å². The molecule has 0 bridgehead atoms. The molecule has 3 rings (SSSR count). The first-order chi connectivity index (χ1) is 9.74. The van der Waals surface area contributed by atoms with Gasteiger partial charge in [0.25, 0.3) is 0 Å². The second-order valence-electron chi connectivity index (χ2n) is 4.16. The van der Waals surface area contributed by atoms with Gasteiger partial charge >= 0.3 is 5.97 Å². The number of carboxylic acid groups (broad SMARTS) is 1. The van der Waals surface area contributed by atoms with Crippen LogP contribution < -0.4 is 5.32 Å². The molecule has 0 unspecified atom stereocenters. The Morgan fingerprint density at radius 3 is 2.95 bits per heavy atom. The van der Waals surface area contributed by atoms with E-state index in [9.17, 15) is 9.90 Å². The fraction of sp³-hybridized carbons (Fsp3) is 0.0714. The van der Waals surface area contributed by atoms with Gasteiger partial charge in [-0.15, -0.1) is 11.3 Å². The van der Waals surface area contributed by atoms with Crippen LogP contribution in [0.4, 0.5) is 5.82 Å². The van der Waals surface area contributed by atoms with E-state index in [1.807, 2.05) is 11.4 Å². The summed E-state index contributed by atoms with van der Waals surface area (Å²) in [6, 6.07) is 8.76. The zero-order valence-electron chi connectivity index (χ0n) is 10.4. The summed E-state index contributed by atoms with van der Waals surface area (Å²) in [5.41, 5.74) is 0.909. The molecule has 0 saturated carbocycles. The Kier molecular flexibility index (Phi) is 3.30. The van der Waals surface area contributed by atoms with Crippen LogP contribution in [0.1, 0.15) is 15.4 Å². The van der Waals surface area contributed by atoms with Crippen LogP contribution in [0.3, 0.4) is 0 Å². The first-order valence-electron chi connectivity index (χ1n) is 5.99. The SMILES string of the molecule is O=C(O)c1cc(NCc2nccs2)nc2ccccc12. The van der Waals surface area contributed by atoms with E-state index in [4.69, 9.17) is 0 Å². The number of anilines is 1. The zero-order valence-corrected chi connectivity index (χ0v) is 11.2. The summed E-state index contributed by atoms with van der Waals surface area (Å²) in [4.78, 5) is 19.9. The third kappa shape index (κ3) is 2.46. The third-order valence-electron chi connectivity index (χ3n) is 2.85. The van der Waals surface area contributed by atoms with Crippen LogP contribution in [-0.2, 0) is 6.54 Å². The van der Waals surface area contributed by atoms with Gasteiger partial charge in [-0.05, 0) is 12.1 Å². The number of carbonyl (C=O) groups is 1. The van der Waals surface area contributed by atoms with Gasteiger partial charge in [-0.2, -0.15) is 0 Å². The van der Waals surface area contributed by atoms with Gasteiger partial charge in [-0.3, -0.25) is 0 Å². The summed E-state index contributed by atoms with van der Waals surface area (Å²) in [6.07, 6.45) is 1.73. The number of hydrogen-bond acceptors (Lipinski definition) is 5. The predicted molar refractivity (Wildman–Crippen MR) is 78.1 cm³/mol. The Labute approximate surface area is 118 Å². The maximum Gasteiger partial charge on any atom is 0.336 e. The Morgan fingerprint density at radius 1 is 1.35 bits per heavy atom. The average molecular weight is 285 g/mol. The number of pyridine rings is 1. The maximum atomic E-state index is 11.3. The van der Waals surface area contributed by atoms with E-state index in [0.29, 0.717) is 23.3 Å². The highest BCUT2D eigenvalue weighted by molar-refractivity contribution is 7.09. The maximum absolute atomic E-state index is 11.3. The minimum absolute atomic E-state index is 0.247. The number of fused-ring (bicyclic) bond motifs is 1. The Hall–Kier alpha value is -2.47. The van der Waals surface area contributed by atoms with Gasteiger partial charge in [0.05, 0.1) is 17.6 Å². The summed E-state index contributed by atoms with van der Waals surface area (Å²) in [7, 11) is 0. The molecule has 0 radical (unpaired) electrons. The minimum Gasteiger partial charge on any atom is -0.478 e. The van der Waals surface area contributed by atoms with Crippen molar-refractivity contribution in [2.75, 3.05) is 5.32 Å². The molecule has 20 heavy (non-hydrogen) atoms. The lowest BCUT2D eigenvalue weighted by molar-refractivity contribution is 0.0699. The van der Waals surface area contributed by atoms with Gasteiger partial charge in [0, 0.05) is 17.0 Å². The molecule has 0 amide bonds. The predicted octanol–water partition coefficient (Wildman–Crippen LogP) is 3.00. The second kappa shape index (κ2) is 5.26. The number of aromatic carboxylic acids is 1. The molecular formula is C14H11N3O2S. The van der Waals surface area contributed by atoms with Crippen molar-refractivity contribution in [3.63, 3.8) is 0 Å². The fourth-order valence-electron chi connectivity index (χ4n) is 1.95. The van der Waals surface area contributed by atoms with Crippen molar-refractivity contribution in [3.8, 4) is 0 Å². The van der Waals surface area contributed by atoms with Gasteiger partial charge in [0.2, 0.25) is 0 Å².